The van der Waals surface area contributed by atoms with Gasteiger partial charge in [-0.3, -0.25) is 0 Å². The first kappa shape index (κ1) is 33.4. The maximum absolute atomic E-state index is 5.63. The average Bonchev–Trinajstić information content (AvgIpc) is 3.95. The standard InChI is InChI=1S/C52H34GeN4S/c1-4-18-35(19-5-1)53(36-20-6-2-7-21-36,37-22-8-3-9-23-37)38-32-33-47-43(34-38)41-26-12-14-28-44(41)56(47)51-50-49(42-27-13-17-31-48(42)58-50)54-52(55-51)57-45-29-15-10-24-39(45)40-25-11-16-30-46(40)57/h1-34H. The van der Waals surface area contributed by atoms with Crippen LogP contribution in [0.4, 0.5) is 0 Å². The van der Waals surface area contributed by atoms with Crippen LogP contribution in [0.1, 0.15) is 0 Å². The van der Waals surface area contributed by atoms with E-state index in [1.807, 2.05) is 0 Å². The molecule has 0 unspecified atom stereocenters. The summed E-state index contributed by atoms with van der Waals surface area (Å²) >= 11 is -1.78. The molecule has 58 heavy (non-hydrogen) atoms. The molecule has 0 amide bonds. The van der Waals surface area contributed by atoms with Gasteiger partial charge in [-0.25, -0.2) is 0 Å². The molecule has 0 saturated heterocycles. The van der Waals surface area contributed by atoms with Crippen molar-refractivity contribution in [1.29, 1.82) is 0 Å². The molecule has 4 aromatic heterocycles. The van der Waals surface area contributed by atoms with E-state index in [9.17, 15) is 0 Å². The first-order chi connectivity index (χ1) is 28.8. The Morgan fingerprint density at radius 3 is 1.38 bits per heavy atom. The van der Waals surface area contributed by atoms with Gasteiger partial charge in [-0.15, -0.1) is 0 Å². The molecule has 272 valence electrons. The first-order valence-electron chi connectivity index (χ1n) is 19.7. The summed E-state index contributed by atoms with van der Waals surface area (Å²) < 4.78 is 12.5. The molecule has 0 atom stereocenters. The summed E-state index contributed by atoms with van der Waals surface area (Å²) in [5, 5.41) is 5.94. The van der Waals surface area contributed by atoms with Gasteiger partial charge in [0.2, 0.25) is 0 Å². The molecule has 12 aromatic rings. The molecule has 12 rings (SSSR count). The molecule has 4 nitrogen and oxygen atoms in total. The Morgan fingerprint density at radius 1 is 0.362 bits per heavy atom. The molecule has 6 heteroatoms. The van der Waals surface area contributed by atoms with Crippen LogP contribution in [0.5, 0.6) is 0 Å². The number of thiophene rings is 1. The minimum absolute atomic E-state index is 0.664. The second-order valence-corrected chi connectivity index (χ2v) is 24.0. The topological polar surface area (TPSA) is 35.6 Å². The number of benzene rings is 8. The van der Waals surface area contributed by atoms with Crippen molar-refractivity contribution in [3.63, 3.8) is 0 Å². The molecule has 0 aliphatic carbocycles. The van der Waals surface area contributed by atoms with E-state index >= 15 is 0 Å². The van der Waals surface area contributed by atoms with Crippen molar-refractivity contribution >= 4 is 106 Å². The van der Waals surface area contributed by atoms with Gasteiger partial charge in [0, 0.05) is 0 Å². The Balaban J connectivity index is 1.19. The van der Waals surface area contributed by atoms with Crippen molar-refractivity contribution in [2.24, 2.45) is 0 Å². The number of rotatable bonds is 6. The van der Waals surface area contributed by atoms with Gasteiger partial charge >= 0.3 is 331 Å². The number of fused-ring (bicyclic) bond motifs is 9. The van der Waals surface area contributed by atoms with Gasteiger partial charge in [0.1, 0.15) is 0 Å². The molecule has 0 fully saturated rings. The van der Waals surface area contributed by atoms with Crippen molar-refractivity contribution in [2.45, 2.75) is 0 Å². The molecule has 8 aromatic carbocycles. The van der Waals surface area contributed by atoms with Crippen LogP contribution in [0.25, 0.3) is 75.7 Å². The first-order valence-corrected chi connectivity index (χ1v) is 24.7. The van der Waals surface area contributed by atoms with E-state index in [1.165, 1.54) is 43.8 Å². The molecule has 0 radical (unpaired) electrons. The third-order valence-corrected chi connectivity index (χ3v) is 23.1. The van der Waals surface area contributed by atoms with E-state index in [4.69, 9.17) is 9.97 Å². The van der Waals surface area contributed by atoms with E-state index in [-0.39, 0.29) is 0 Å². The molecular formula is C52H34GeN4S. The second kappa shape index (κ2) is 13.1. The van der Waals surface area contributed by atoms with Crippen LogP contribution in [0.2, 0.25) is 0 Å². The summed E-state index contributed by atoms with van der Waals surface area (Å²) in [6.07, 6.45) is 0. The normalized spacial score (nSPS) is 12.1. The van der Waals surface area contributed by atoms with Crippen molar-refractivity contribution in [3.8, 4) is 11.8 Å². The van der Waals surface area contributed by atoms with Gasteiger partial charge in [0.15, 0.2) is 0 Å². The monoisotopic (exact) mass is 820 g/mol. The molecule has 0 saturated carbocycles. The zero-order valence-electron chi connectivity index (χ0n) is 31.3. The number of hydrogen-bond acceptors (Lipinski definition) is 3. The van der Waals surface area contributed by atoms with Gasteiger partial charge < -0.3 is 0 Å². The quantitative estimate of drug-likeness (QED) is 0.157. The predicted octanol–water partition coefficient (Wildman–Crippen LogP) is 10.4. The van der Waals surface area contributed by atoms with Gasteiger partial charge in [-0.2, -0.15) is 0 Å². The Morgan fingerprint density at radius 2 is 0.810 bits per heavy atom. The third-order valence-electron chi connectivity index (χ3n) is 11.9. The fraction of sp³-hybridized carbons (Fsp3) is 0. The predicted molar refractivity (Wildman–Crippen MR) is 247 cm³/mol. The molecule has 0 bridgehead atoms. The summed E-state index contributed by atoms with van der Waals surface area (Å²) in [7, 11) is 0. The molecule has 0 aliphatic rings. The van der Waals surface area contributed by atoms with Gasteiger partial charge in [0.25, 0.3) is 0 Å². The Hall–Kier alpha value is -6.80. The Labute approximate surface area is 341 Å². The van der Waals surface area contributed by atoms with Crippen molar-refractivity contribution in [2.75, 3.05) is 0 Å². The number of nitrogens with zero attached hydrogens (tertiary/aromatic N) is 4. The van der Waals surface area contributed by atoms with Crippen LogP contribution in [-0.4, -0.2) is 32.4 Å². The van der Waals surface area contributed by atoms with Crippen LogP contribution >= 0.6 is 11.3 Å². The van der Waals surface area contributed by atoms with E-state index in [1.54, 1.807) is 11.3 Å². The number of aromatic nitrogens is 4. The van der Waals surface area contributed by atoms with Crippen molar-refractivity contribution < 1.29 is 0 Å². The summed E-state index contributed by atoms with van der Waals surface area (Å²) in [5.41, 5.74) is 5.40. The fourth-order valence-electron chi connectivity index (χ4n) is 9.45. The summed E-state index contributed by atoms with van der Waals surface area (Å²) in [5.74, 6) is 1.56. The zero-order valence-corrected chi connectivity index (χ0v) is 34.2. The Kier molecular flexibility index (Phi) is 7.55. The molecule has 4 heterocycles. The summed E-state index contributed by atoms with van der Waals surface area (Å²) in [6.45, 7) is 0. The van der Waals surface area contributed by atoms with Gasteiger partial charge in [-0.1, -0.05) is 12.1 Å². The van der Waals surface area contributed by atoms with E-state index in [0.717, 1.165) is 43.5 Å². The van der Waals surface area contributed by atoms with Gasteiger partial charge in [0.05, 0.1) is 0 Å². The average molecular weight is 820 g/mol. The maximum atomic E-state index is 5.63. The van der Waals surface area contributed by atoms with E-state index in [2.05, 4.69) is 215 Å². The summed E-state index contributed by atoms with van der Waals surface area (Å²) in [6, 6.07) is 75.6. The van der Waals surface area contributed by atoms with Gasteiger partial charge in [-0.05, 0) is 0 Å². The van der Waals surface area contributed by atoms with Crippen LogP contribution in [0.15, 0.2) is 206 Å². The van der Waals surface area contributed by atoms with E-state index < -0.39 is 13.3 Å². The van der Waals surface area contributed by atoms with E-state index in [0.29, 0.717) is 5.95 Å². The minimum atomic E-state index is -3.55. The molecule has 0 N–H and O–H groups in total. The van der Waals surface area contributed by atoms with Crippen LogP contribution < -0.4 is 17.6 Å². The molecular weight excluding hydrogens is 785 g/mol. The fourth-order valence-corrected chi connectivity index (χ4v) is 20.6. The van der Waals surface area contributed by atoms with Crippen LogP contribution in [0, 0.1) is 0 Å². The number of hydrogen-bond donors (Lipinski definition) is 0. The summed E-state index contributed by atoms with van der Waals surface area (Å²) in [4.78, 5) is 11.1. The Bertz CT molecular complexity index is 3370. The van der Waals surface area contributed by atoms with Crippen molar-refractivity contribution in [1.82, 2.24) is 19.1 Å². The SMILES string of the molecule is c1cc[c]([Ge]([c]2ccccc2)([c]2ccccc2)[c]2ccc3c(c2)c2ccccc2n3-c2nc(-n3c4ccccc4c4ccccc43)nc3c2sc2ccccc23)cc1. The second-order valence-electron chi connectivity index (χ2n) is 14.9. The van der Waals surface area contributed by atoms with Crippen LogP contribution in [0.3, 0.4) is 0 Å². The van der Waals surface area contributed by atoms with Crippen LogP contribution in [-0.2, 0) is 0 Å². The van der Waals surface area contributed by atoms with Crippen molar-refractivity contribution in [3.05, 3.63) is 206 Å². The zero-order chi connectivity index (χ0) is 38.2. The number of para-hydroxylation sites is 3. The molecule has 0 aliphatic heterocycles. The molecule has 0 spiro atoms. The third kappa shape index (κ3) is 4.81.